The van der Waals surface area contributed by atoms with Gasteiger partial charge in [-0.2, -0.15) is 0 Å². The zero-order valence-corrected chi connectivity index (χ0v) is 12.1. The molecule has 0 bridgehead atoms. The monoisotopic (exact) mass is 245 g/mol. The molecule has 0 aliphatic carbocycles. The molecule has 100 valence electrons. The lowest BCUT2D eigenvalue weighted by atomic mass is 10.1. The van der Waals surface area contributed by atoms with Crippen LogP contribution in [0.2, 0.25) is 0 Å². The molecule has 1 rings (SSSR count). The predicted octanol–water partition coefficient (Wildman–Crippen LogP) is 4.29. The van der Waals surface area contributed by atoms with Crippen LogP contribution in [0.15, 0.2) is 30.3 Å². The number of aryl methyl sites for hydroxylation is 1. The van der Waals surface area contributed by atoms with Gasteiger partial charge in [0.25, 0.3) is 0 Å². The van der Waals surface area contributed by atoms with Gasteiger partial charge in [-0.15, -0.1) is 0 Å². The van der Waals surface area contributed by atoms with Crippen molar-refractivity contribution in [3.8, 4) is 0 Å². The van der Waals surface area contributed by atoms with Gasteiger partial charge in [0.05, 0.1) is 0 Å². The molecular weight excluding hydrogens is 218 g/mol. The summed E-state index contributed by atoms with van der Waals surface area (Å²) in [5, 5.41) is 3.45. The summed E-state index contributed by atoms with van der Waals surface area (Å²) < 4.78 is 0. The molecule has 0 aliphatic heterocycles. The lowest BCUT2D eigenvalue weighted by Gasteiger charge is -2.05. The molecule has 1 heteroatoms. The van der Waals surface area contributed by atoms with Gasteiger partial charge in [0, 0.05) is 0 Å². The Morgan fingerprint density at radius 3 is 2.83 bits per heavy atom. The Labute approximate surface area is 112 Å². The summed E-state index contributed by atoms with van der Waals surface area (Å²) in [5.74, 6) is 0.736. The first-order chi connectivity index (χ1) is 8.72. The van der Waals surface area contributed by atoms with E-state index in [1.165, 1.54) is 24.0 Å². The summed E-state index contributed by atoms with van der Waals surface area (Å²) >= 11 is 0. The topological polar surface area (TPSA) is 12.0 Å². The SMILES string of the molecule is CCCc1cccc(/C=C/CCNCC(C)C)c1. The second kappa shape index (κ2) is 8.93. The fourth-order valence-corrected chi connectivity index (χ4v) is 1.94. The largest absolute Gasteiger partial charge is 0.316 e. The lowest BCUT2D eigenvalue weighted by molar-refractivity contribution is 0.557. The van der Waals surface area contributed by atoms with Gasteiger partial charge >= 0.3 is 0 Å². The highest BCUT2D eigenvalue weighted by molar-refractivity contribution is 5.50. The van der Waals surface area contributed by atoms with Gasteiger partial charge in [-0.05, 0) is 43.0 Å². The van der Waals surface area contributed by atoms with Crippen LogP contribution in [-0.2, 0) is 6.42 Å². The van der Waals surface area contributed by atoms with Crippen LogP contribution < -0.4 is 5.32 Å². The summed E-state index contributed by atoms with van der Waals surface area (Å²) in [4.78, 5) is 0. The zero-order valence-electron chi connectivity index (χ0n) is 12.1. The Bertz CT molecular complexity index is 352. The Hall–Kier alpha value is -1.08. The maximum Gasteiger partial charge on any atom is -0.00140 e. The molecule has 0 heterocycles. The minimum atomic E-state index is 0.736. The molecule has 0 unspecified atom stereocenters. The molecule has 0 atom stereocenters. The van der Waals surface area contributed by atoms with Gasteiger partial charge in [0.15, 0.2) is 0 Å². The van der Waals surface area contributed by atoms with Crippen molar-refractivity contribution >= 4 is 6.08 Å². The molecule has 1 nitrogen and oxygen atoms in total. The van der Waals surface area contributed by atoms with Crippen molar-refractivity contribution in [1.29, 1.82) is 0 Å². The van der Waals surface area contributed by atoms with Gasteiger partial charge in [-0.3, -0.25) is 0 Å². The minimum absolute atomic E-state index is 0.736. The Morgan fingerprint density at radius 2 is 2.11 bits per heavy atom. The van der Waals surface area contributed by atoms with E-state index in [9.17, 15) is 0 Å². The van der Waals surface area contributed by atoms with Crippen LogP contribution in [-0.4, -0.2) is 13.1 Å². The summed E-state index contributed by atoms with van der Waals surface area (Å²) in [7, 11) is 0. The summed E-state index contributed by atoms with van der Waals surface area (Å²) in [6, 6.07) is 8.84. The van der Waals surface area contributed by atoms with E-state index in [0.717, 1.165) is 25.4 Å². The first-order valence-corrected chi connectivity index (χ1v) is 7.18. The Balaban J connectivity index is 2.30. The normalized spacial score (nSPS) is 11.6. The van der Waals surface area contributed by atoms with Gasteiger partial charge in [0.2, 0.25) is 0 Å². The van der Waals surface area contributed by atoms with Crippen LogP contribution in [0.4, 0.5) is 0 Å². The van der Waals surface area contributed by atoms with Gasteiger partial charge < -0.3 is 5.32 Å². The standard InChI is InChI=1S/C17H27N/c1-4-8-16-10-7-11-17(13-16)9-5-6-12-18-14-15(2)3/h5,7,9-11,13,15,18H,4,6,8,12,14H2,1-3H3/b9-5+. The van der Waals surface area contributed by atoms with Crippen LogP contribution in [0.1, 0.15) is 44.7 Å². The van der Waals surface area contributed by atoms with Crippen molar-refractivity contribution < 1.29 is 0 Å². The van der Waals surface area contributed by atoms with Gasteiger partial charge in [-0.25, -0.2) is 0 Å². The molecule has 0 spiro atoms. The average Bonchev–Trinajstić information content (AvgIpc) is 2.34. The number of benzene rings is 1. The minimum Gasteiger partial charge on any atom is -0.316 e. The molecule has 0 aliphatic rings. The van der Waals surface area contributed by atoms with E-state index in [-0.39, 0.29) is 0 Å². The fourth-order valence-electron chi connectivity index (χ4n) is 1.94. The quantitative estimate of drug-likeness (QED) is 0.674. The van der Waals surface area contributed by atoms with Crippen LogP contribution in [0.25, 0.3) is 6.08 Å². The second-order valence-electron chi connectivity index (χ2n) is 5.28. The van der Waals surface area contributed by atoms with Crippen molar-refractivity contribution in [3.63, 3.8) is 0 Å². The fraction of sp³-hybridized carbons (Fsp3) is 0.529. The predicted molar refractivity (Wildman–Crippen MR) is 81.8 cm³/mol. The first-order valence-electron chi connectivity index (χ1n) is 7.18. The van der Waals surface area contributed by atoms with Crippen LogP contribution in [0.5, 0.6) is 0 Å². The first kappa shape index (κ1) is 15.0. The highest BCUT2D eigenvalue weighted by atomic mass is 14.8. The van der Waals surface area contributed by atoms with Crippen molar-refractivity contribution in [2.75, 3.05) is 13.1 Å². The molecule has 1 aromatic carbocycles. The van der Waals surface area contributed by atoms with E-state index >= 15 is 0 Å². The Kier molecular flexibility index (Phi) is 7.43. The maximum atomic E-state index is 3.45. The van der Waals surface area contributed by atoms with E-state index < -0.39 is 0 Å². The number of hydrogen-bond donors (Lipinski definition) is 1. The highest BCUT2D eigenvalue weighted by Crippen LogP contribution is 2.09. The van der Waals surface area contributed by atoms with E-state index in [1.54, 1.807) is 0 Å². The lowest BCUT2D eigenvalue weighted by Crippen LogP contribution is -2.20. The van der Waals surface area contributed by atoms with Crippen molar-refractivity contribution in [3.05, 3.63) is 41.5 Å². The van der Waals surface area contributed by atoms with Crippen LogP contribution in [0.3, 0.4) is 0 Å². The smallest absolute Gasteiger partial charge is 0.00140 e. The third-order valence-corrected chi connectivity index (χ3v) is 2.84. The molecule has 0 aromatic heterocycles. The Morgan fingerprint density at radius 1 is 1.28 bits per heavy atom. The van der Waals surface area contributed by atoms with E-state index in [0.29, 0.717) is 0 Å². The summed E-state index contributed by atoms with van der Waals surface area (Å²) in [6.45, 7) is 8.89. The average molecular weight is 245 g/mol. The van der Waals surface area contributed by atoms with E-state index in [2.05, 4.69) is 62.5 Å². The molecular formula is C17H27N. The molecule has 0 radical (unpaired) electrons. The molecule has 0 saturated heterocycles. The number of hydrogen-bond acceptors (Lipinski definition) is 1. The van der Waals surface area contributed by atoms with Gasteiger partial charge in [0.1, 0.15) is 0 Å². The molecule has 1 aromatic rings. The molecule has 0 saturated carbocycles. The zero-order chi connectivity index (χ0) is 13.2. The highest BCUT2D eigenvalue weighted by Gasteiger charge is 1.93. The summed E-state index contributed by atoms with van der Waals surface area (Å²) in [6.07, 6.45) is 7.99. The third kappa shape index (κ3) is 6.61. The van der Waals surface area contributed by atoms with E-state index in [1.807, 2.05) is 0 Å². The van der Waals surface area contributed by atoms with Crippen LogP contribution >= 0.6 is 0 Å². The van der Waals surface area contributed by atoms with Crippen molar-refractivity contribution in [2.24, 2.45) is 5.92 Å². The number of nitrogens with one attached hydrogen (secondary N) is 1. The molecule has 0 amide bonds. The second-order valence-corrected chi connectivity index (χ2v) is 5.28. The van der Waals surface area contributed by atoms with E-state index in [4.69, 9.17) is 0 Å². The third-order valence-electron chi connectivity index (χ3n) is 2.84. The van der Waals surface area contributed by atoms with Crippen molar-refractivity contribution in [1.82, 2.24) is 5.32 Å². The maximum absolute atomic E-state index is 3.45. The molecule has 18 heavy (non-hydrogen) atoms. The number of rotatable bonds is 8. The van der Waals surface area contributed by atoms with Crippen molar-refractivity contribution in [2.45, 2.75) is 40.0 Å². The van der Waals surface area contributed by atoms with Gasteiger partial charge in [-0.1, -0.05) is 63.6 Å². The summed E-state index contributed by atoms with van der Waals surface area (Å²) in [5.41, 5.74) is 2.77. The molecule has 1 N–H and O–H groups in total. The molecule has 0 fully saturated rings. The van der Waals surface area contributed by atoms with Crippen LogP contribution in [0, 0.1) is 5.92 Å².